The molecule has 6 nitrogen and oxygen atoms in total. The first-order valence-electron chi connectivity index (χ1n) is 11.0. The molecule has 0 fully saturated rings. The molecule has 0 bridgehead atoms. The second-order valence-electron chi connectivity index (χ2n) is 7.91. The molecule has 0 saturated carbocycles. The summed E-state index contributed by atoms with van der Waals surface area (Å²) in [4.78, 5) is 2.12. The van der Waals surface area contributed by atoms with E-state index in [4.69, 9.17) is 54.4 Å². The van der Waals surface area contributed by atoms with Gasteiger partial charge >= 0.3 is 0 Å². The summed E-state index contributed by atoms with van der Waals surface area (Å²) < 4.78 is 22.5. The standard InChI is InChI=1S/C26H26Cl2N2O4S/c1-31-18-5-7-19(8-6-18)34-15-23-20-14-25(33-3)24(32-2)12-16(20)10-11-30(23)26(35)29-17-4-9-21(27)22(28)13-17/h4-9,12-14,23H,10-11,15H2,1-3H3,(H,29,35)/t23-/m0/s1. The zero-order valence-corrected chi connectivity index (χ0v) is 22.0. The average molecular weight is 533 g/mol. The van der Waals surface area contributed by atoms with Gasteiger partial charge in [0.25, 0.3) is 0 Å². The Morgan fingerprint density at radius 3 is 2.26 bits per heavy atom. The molecule has 4 rings (SSSR count). The van der Waals surface area contributed by atoms with Crippen molar-refractivity contribution in [1.82, 2.24) is 4.90 Å². The first-order chi connectivity index (χ1) is 16.9. The van der Waals surface area contributed by atoms with Crippen LogP contribution in [0.5, 0.6) is 23.0 Å². The van der Waals surface area contributed by atoms with Crippen LogP contribution in [-0.4, -0.2) is 44.5 Å². The summed E-state index contributed by atoms with van der Waals surface area (Å²) >= 11 is 18.1. The van der Waals surface area contributed by atoms with Gasteiger partial charge in [0.2, 0.25) is 0 Å². The van der Waals surface area contributed by atoms with Gasteiger partial charge in [-0.05, 0) is 84.4 Å². The molecule has 0 unspecified atom stereocenters. The van der Waals surface area contributed by atoms with Gasteiger partial charge in [0, 0.05) is 12.2 Å². The van der Waals surface area contributed by atoms with Crippen LogP contribution in [0.2, 0.25) is 10.0 Å². The van der Waals surface area contributed by atoms with Gasteiger partial charge in [-0.1, -0.05) is 23.2 Å². The first-order valence-corrected chi connectivity index (χ1v) is 12.1. The Bertz CT molecular complexity index is 1210. The van der Waals surface area contributed by atoms with Crippen molar-refractivity contribution in [1.29, 1.82) is 0 Å². The maximum absolute atomic E-state index is 6.20. The molecular formula is C26H26Cl2N2O4S. The minimum atomic E-state index is -0.163. The van der Waals surface area contributed by atoms with E-state index in [1.807, 2.05) is 42.5 Å². The molecule has 9 heteroatoms. The number of halogens is 2. The smallest absolute Gasteiger partial charge is 0.174 e. The van der Waals surface area contributed by atoms with Gasteiger partial charge in [-0.25, -0.2) is 0 Å². The molecule has 0 amide bonds. The lowest BCUT2D eigenvalue weighted by Gasteiger charge is -2.39. The van der Waals surface area contributed by atoms with Gasteiger partial charge in [-0.2, -0.15) is 0 Å². The maximum Gasteiger partial charge on any atom is 0.174 e. The summed E-state index contributed by atoms with van der Waals surface area (Å²) in [5.74, 6) is 2.87. The van der Waals surface area contributed by atoms with Crippen LogP contribution in [-0.2, 0) is 6.42 Å². The number of fused-ring (bicyclic) bond motifs is 1. The quantitative estimate of drug-likeness (QED) is 0.353. The van der Waals surface area contributed by atoms with Crippen molar-refractivity contribution < 1.29 is 18.9 Å². The molecule has 1 heterocycles. The Hall–Kier alpha value is -2.87. The zero-order valence-electron chi connectivity index (χ0n) is 19.6. The third-order valence-electron chi connectivity index (χ3n) is 5.90. The van der Waals surface area contributed by atoms with Gasteiger partial charge in [-0.3, -0.25) is 0 Å². The average Bonchev–Trinajstić information content (AvgIpc) is 2.88. The van der Waals surface area contributed by atoms with Crippen LogP contribution in [0, 0.1) is 0 Å². The number of anilines is 1. The fraction of sp³-hybridized carbons (Fsp3) is 0.269. The zero-order chi connectivity index (χ0) is 24.9. The first kappa shape index (κ1) is 25.2. The highest BCUT2D eigenvalue weighted by Crippen LogP contribution is 2.39. The van der Waals surface area contributed by atoms with E-state index in [-0.39, 0.29) is 6.04 Å². The number of methoxy groups -OCH3 is 3. The molecule has 1 atom stereocenters. The minimum Gasteiger partial charge on any atom is -0.497 e. The number of thiocarbonyl (C=S) groups is 1. The molecular weight excluding hydrogens is 507 g/mol. The number of benzene rings is 3. The van der Waals surface area contributed by atoms with Crippen LogP contribution in [0.25, 0.3) is 0 Å². The predicted octanol–water partition coefficient (Wildman–Crippen LogP) is 6.39. The summed E-state index contributed by atoms with van der Waals surface area (Å²) in [6.45, 7) is 1.07. The van der Waals surface area contributed by atoms with Gasteiger partial charge in [-0.15, -0.1) is 0 Å². The van der Waals surface area contributed by atoms with E-state index in [1.165, 1.54) is 5.56 Å². The van der Waals surface area contributed by atoms with Crippen LogP contribution < -0.4 is 24.3 Å². The molecule has 1 N–H and O–H groups in total. The largest absolute Gasteiger partial charge is 0.497 e. The highest BCUT2D eigenvalue weighted by Gasteiger charge is 2.31. The number of nitrogens with one attached hydrogen (secondary N) is 1. The highest BCUT2D eigenvalue weighted by molar-refractivity contribution is 7.80. The van der Waals surface area contributed by atoms with E-state index in [0.717, 1.165) is 29.2 Å². The van der Waals surface area contributed by atoms with Crippen LogP contribution in [0.1, 0.15) is 17.2 Å². The fourth-order valence-electron chi connectivity index (χ4n) is 4.07. The Morgan fingerprint density at radius 2 is 1.60 bits per heavy atom. The molecule has 0 spiro atoms. The maximum atomic E-state index is 6.20. The molecule has 184 valence electrons. The number of hydrogen-bond donors (Lipinski definition) is 1. The van der Waals surface area contributed by atoms with Gasteiger partial charge in [0.15, 0.2) is 16.6 Å². The van der Waals surface area contributed by atoms with Crippen molar-refractivity contribution in [2.24, 2.45) is 0 Å². The van der Waals surface area contributed by atoms with E-state index in [9.17, 15) is 0 Å². The molecule has 1 aliphatic rings. The molecule has 1 aliphatic heterocycles. The van der Waals surface area contributed by atoms with Gasteiger partial charge < -0.3 is 29.2 Å². The van der Waals surface area contributed by atoms with Crippen molar-refractivity contribution in [3.8, 4) is 23.0 Å². The Labute approximate surface area is 220 Å². The lowest BCUT2D eigenvalue weighted by atomic mass is 9.92. The Kier molecular flexibility index (Phi) is 8.11. The van der Waals surface area contributed by atoms with Crippen LogP contribution in [0.4, 0.5) is 5.69 Å². The molecule has 3 aromatic carbocycles. The van der Waals surface area contributed by atoms with Crippen LogP contribution in [0.3, 0.4) is 0 Å². The Balaban J connectivity index is 1.63. The number of hydrogen-bond acceptors (Lipinski definition) is 5. The van der Waals surface area contributed by atoms with E-state index >= 15 is 0 Å². The number of rotatable bonds is 7. The summed E-state index contributed by atoms with van der Waals surface area (Å²) in [6, 6.07) is 16.7. The summed E-state index contributed by atoms with van der Waals surface area (Å²) in [7, 11) is 4.90. The minimum absolute atomic E-state index is 0.163. The van der Waals surface area contributed by atoms with E-state index in [1.54, 1.807) is 33.5 Å². The van der Waals surface area contributed by atoms with Crippen molar-refractivity contribution >= 4 is 46.2 Å². The number of ether oxygens (including phenoxy) is 4. The van der Waals surface area contributed by atoms with Crippen molar-refractivity contribution in [3.05, 3.63) is 75.8 Å². The monoisotopic (exact) mass is 532 g/mol. The normalized spacial score (nSPS) is 14.7. The van der Waals surface area contributed by atoms with E-state index < -0.39 is 0 Å². The lowest BCUT2D eigenvalue weighted by molar-refractivity contribution is 0.190. The van der Waals surface area contributed by atoms with Gasteiger partial charge in [0.05, 0.1) is 37.4 Å². The predicted molar refractivity (Wildman–Crippen MR) is 144 cm³/mol. The summed E-state index contributed by atoms with van der Waals surface area (Å²) in [5.41, 5.74) is 3.00. The van der Waals surface area contributed by atoms with Crippen molar-refractivity contribution in [3.63, 3.8) is 0 Å². The van der Waals surface area contributed by atoms with Crippen LogP contribution >= 0.6 is 35.4 Å². The molecule has 0 aromatic heterocycles. The van der Waals surface area contributed by atoms with Crippen LogP contribution in [0.15, 0.2) is 54.6 Å². The third-order valence-corrected chi connectivity index (χ3v) is 6.98. The van der Waals surface area contributed by atoms with Crippen molar-refractivity contribution in [2.75, 3.05) is 39.8 Å². The molecule has 0 saturated heterocycles. The molecule has 3 aromatic rings. The van der Waals surface area contributed by atoms with Gasteiger partial charge in [0.1, 0.15) is 18.1 Å². The SMILES string of the molecule is COc1ccc(OC[C@H]2c3cc(OC)c(OC)cc3CCN2C(=S)Nc2ccc(Cl)c(Cl)c2)cc1. The molecule has 0 radical (unpaired) electrons. The second-order valence-corrected chi connectivity index (χ2v) is 9.11. The fourth-order valence-corrected chi connectivity index (χ4v) is 4.70. The second kappa shape index (κ2) is 11.2. The summed E-state index contributed by atoms with van der Waals surface area (Å²) in [5, 5.41) is 4.80. The number of nitrogens with zero attached hydrogens (tertiary/aromatic N) is 1. The van der Waals surface area contributed by atoms with Crippen molar-refractivity contribution in [2.45, 2.75) is 12.5 Å². The summed E-state index contributed by atoms with van der Waals surface area (Å²) in [6.07, 6.45) is 0.790. The lowest BCUT2D eigenvalue weighted by Crippen LogP contribution is -2.44. The Morgan fingerprint density at radius 1 is 0.914 bits per heavy atom. The van der Waals surface area contributed by atoms with E-state index in [0.29, 0.717) is 39.8 Å². The van der Waals surface area contributed by atoms with E-state index in [2.05, 4.69) is 10.2 Å². The topological polar surface area (TPSA) is 52.2 Å². The molecule has 35 heavy (non-hydrogen) atoms. The highest BCUT2D eigenvalue weighted by atomic mass is 35.5. The third kappa shape index (κ3) is 5.69. The molecule has 0 aliphatic carbocycles.